The Morgan fingerprint density at radius 3 is 1.29 bits per heavy atom. The number of carboxylic acids is 4. The van der Waals surface area contributed by atoms with Crippen molar-refractivity contribution in [3.05, 3.63) is 92.0 Å². The number of carbonyl (C=O) groups is 5. The van der Waals surface area contributed by atoms with Gasteiger partial charge in [0.15, 0.2) is 5.60 Å². The number of carbonyl (C=O) groups excluding carboxylic acids is 1. The topological polar surface area (TPSA) is 222 Å². The molecule has 0 aliphatic carbocycles. The van der Waals surface area contributed by atoms with Crippen molar-refractivity contribution < 1.29 is 59.3 Å². The van der Waals surface area contributed by atoms with Crippen LogP contribution >= 0.6 is 0 Å². The van der Waals surface area contributed by atoms with Crippen LogP contribution in [-0.4, -0.2) is 215 Å². The molecule has 4 rings (SSSR count). The molecule has 14 nitrogen and oxygen atoms in total. The molecule has 18 heteroatoms. The zero-order chi connectivity index (χ0) is 38.8. The second-order valence-electron chi connectivity index (χ2n) is 13.7. The van der Waals surface area contributed by atoms with Crippen LogP contribution in [0.1, 0.15) is 100.0 Å². The molecule has 0 unspecified atom stereocenters. The van der Waals surface area contributed by atoms with Crippen LogP contribution in [0.2, 0.25) is 0 Å². The van der Waals surface area contributed by atoms with Crippen LogP contribution in [0.4, 0.5) is 0 Å². The van der Waals surface area contributed by atoms with E-state index in [1.165, 1.54) is 0 Å². The van der Waals surface area contributed by atoms with Crippen LogP contribution in [0.25, 0.3) is 0 Å². The van der Waals surface area contributed by atoms with E-state index in [0.717, 1.165) is 9.80 Å². The largest absolute Gasteiger partial charge is 0.507 e. The van der Waals surface area contributed by atoms with Gasteiger partial charge >= 0.3 is 29.8 Å². The fraction of sp³-hybridized carbons (Fsp3) is 0.395. The van der Waals surface area contributed by atoms with Crippen LogP contribution in [0.15, 0.2) is 36.4 Å². The quantitative estimate of drug-likeness (QED) is 0.0905. The number of carboxylic acid groups (broad SMARTS) is 4. The van der Waals surface area contributed by atoms with Gasteiger partial charge in [-0.1, -0.05) is 45.9 Å². The Balaban J connectivity index is 0.00000756. The number of phenolic OH excluding ortho intramolecular Hbond substituents is 2. The molecule has 0 fully saturated rings. The van der Waals surface area contributed by atoms with Gasteiger partial charge in [0.25, 0.3) is 0 Å². The normalized spacial score (nSPS) is 12.6. The summed E-state index contributed by atoms with van der Waals surface area (Å²) in [4.78, 5) is 63.1. The Morgan fingerprint density at radius 1 is 0.625 bits per heavy atom. The number of aliphatic carboxylic acids is 4. The summed E-state index contributed by atoms with van der Waals surface area (Å²) in [5.74, 6) is -6.76. The maximum Gasteiger partial charge on any atom is 0.340 e. The van der Waals surface area contributed by atoms with E-state index in [4.69, 9.17) is 4.74 Å². The van der Waals surface area contributed by atoms with E-state index < -0.39 is 61.6 Å². The first-order valence-corrected chi connectivity index (χ1v) is 16.7. The second-order valence-corrected chi connectivity index (χ2v) is 13.7. The molecule has 0 aromatic heterocycles. The van der Waals surface area contributed by atoms with E-state index in [1.807, 2.05) is 27.7 Å². The number of nitrogens with zero attached hydrogens (tertiary/aromatic N) is 2. The SMILES string of the molecule is Cc1c(C2(c3cc(C(C)C)c(O)c(CN(CC(=O)O)CC(=O)O)c3C)OC(=O)c3ccccc32)cc(C(C)C)c(O)c1CN(CC(=O)O)CC(=O)O.[Na].[Na].[Na].[Na]. The minimum Gasteiger partial charge on any atom is -0.507 e. The summed E-state index contributed by atoms with van der Waals surface area (Å²) in [6.07, 6.45) is 0. The van der Waals surface area contributed by atoms with E-state index >= 15 is 0 Å². The summed E-state index contributed by atoms with van der Waals surface area (Å²) >= 11 is 0. The van der Waals surface area contributed by atoms with E-state index in [0.29, 0.717) is 38.9 Å². The average molecular weight is 813 g/mol. The third-order valence-electron chi connectivity index (χ3n) is 9.41. The number of cyclic esters (lactones) is 1. The molecule has 0 saturated carbocycles. The molecule has 0 atom stereocenters. The minimum atomic E-state index is -1.76. The number of hydrogen-bond acceptors (Lipinski definition) is 10. The Kier molecular flexibility index (Phi) is 22.2. The summed E-state index contributed by atoms with van der Waals surface area (Å²) in [7, 11) is 0. The van der Waals surface area contributed by atoms with Crippen LogP contribution in [0.5, 0.6) is 11.5 Å². The van der Waals surface area contributed by atoms with Crippen molar-refractivity contribution >= 4 is 148 Å². The molecule has 1 aliphatic rings. The number of rotatable bonds is 16. The number of benzene rings is 3. The van der Waals surface area contributed by atoms with Gasteiger partial charge in [0.2, 0.25) is 0 Å². The summed E-state index contributed by atoms with van der Waals surface area (Å²) in [5, 5.41) is 61.6. The van der Waals surface area contributed by atoms with Gasteiger partial charge in [-0.25, -0.2) is 4.79 Å². The van der Waals surface area contributed by atoms with Gasteiger partial charge in [-0.05, 0) is 66.1 Å². The molecule has 0 spiro atoms. The molecule has 0 bridgehead atoms. The number of ether oxygens (including phenoxy) is 1. The summed E-state index contributed by atoms with van der Waals surface area (Å²) in [6.45, 7) is 7.48. The van der Waals surface area contributed by atoms with Crippen LogP contribution < -0.4 is 0 Å². The molecule has 0 amide bonds. The number of phenols is 2. The van der Waals surface area contributed by atoms with Gasteiger partial charge in [0.1, 0.15) is 11.5 Å². The molecular formula is C38H44N2Na4O12. The van der Waals surface area contributed by atoms with Gasteiger partial charge in [0.05, 0.1) is 31.7 Å². The Morgan fingerprint density at radius 2 is 0.964 bits per heavy atom. The summed E-state index contributed by atoms with van der Waals surface area (Å²) in [5.41, 5.74) is 1.70. The Labute approximate surface area is 414 Å². The molecule has 3 aromatic rings. The second kappa shape index (κ2) is 22.8. The van der Waals surface area contributed by atoms with Crippen LogP contribution in [-0.2, 0) is 42.6 Å². The predicted molar refractivity (Wildman–Crippen MR) is 210 cm³/mol. The van der Waals surface area contributed by atoms with Gasteiger partial charge in [-0.2, -0.15) is 0 Å². The number of esters is 1. The molecule has 56 heavy (non-hydrogen) atoms. The van der Waals surface area contributed by atoms with Crippen molar-refractivity contribution in [2.24, 2.45) is 0 Å². The molecule has 1 heterocycles. The fourth-order valence-electron chi connectivity index (χ4n) is 7.00. The zero-order valence-electron chi connectivity index (χ0n) is 33.9. The molecular weight excluding hydrogens is 768 g/mol. The third kappa shape index (κ3) is 11.8. The van der Waals surface area contributed by atoms with Crippen molar-refractivity contribution in [3.8, 4) is 11.5 Å². The van der Waals surface area contributed by atoms with Gasteiger partial charge < -0.3 is 35.4 Å². The van der Waals surface area contributed by atoms with Crippen molar-refractivity contribution in [1.29, 1.82) is 0 Å². The first-order valence-electron chi connectivity index (χ1n) is 16.7. The van der Waals surface area contributed by atoms with Gasteiger partial charge in [0, 0.05) is 159 Å². The Hall–Kier alpha value is -1.47. The van der Waals surface area contributed by atoms with E-state index in [-0.39, 0.29) is 171 Å². The summed E-state index contributed by atoms with van der Waals surface area (Å²) < 4.78 is 6.47. The van der Waals surface area contributed by atoms with Crippen molar-refractivity contribution in [2.45, 2.75) is 72.1 Å². The van der Waals surface area contributed by atoms with Crippen LogP contribution in [0.3, 0.4) is 0 Å². The summed E-state index contributed by atoms with van der Waals surface area (Å²) in [6, 6.07) is 10.1. The molecule has 0 saturated heterocycles. The van der Waals surface area contributed by atoms with Gasteiger partial charge in [-0.3, -0.25) is 29.0 Å². The maximum atomic E-state index is 13.8. The number of aromatic hydroxyl groups is 2. The third-order valence-corrected chi connectivity index (χ3v) is 9.41. The van der Waals surface area contributed by atoms with Crippen molar-refractivity contribution in [3.63, 3.8) is 0 Å². The molecule has 6 N–H and O–H groups in total. The van der Waals surface area contributed by atoms with Crippen molar-refractivity contribution in [1.82, 2.24) is 9.80 Å². The zero-order valence-corrected chi connectivity index (χ0v) is 41.9. The first kappa shape index (κ1) is 54.5. The standard InChI is InChI=1S/C38H44N2O12.4Na/c1-19(2)24-11-29(21(5)26(35(24)49)13-39(15-31(41)42)16-32(43)44)38(28-10-8-7-9-23(28)37(51)52-38)30-12-25(20(3)4)36(50)27(22(30)6)14-40(17-33(45)46)18-34(47)48;;;;/h7-12,19-20,49-50H,13-18H2,1-6H3,(H,41,42)(H,43,44)(H,45,46)(H,47,48);;;;. The predicted octanol–water partition coefficient (Wildman–Crippen LogP) is 2.84. The molecule has 3 aromatic carbocycles. The number of hydrogen-bond donors (Lipinski definition) is 6. The molecule has 4 radical (unpaired) electrons. The smallest absolute Gasteiger partial charge is 0.340 e. The number of fused-ring (bicyclic) bond motifs is 1. The van der Waals surface area contributed by atoms with E-state index in [9.17, 15) is 54.6 Å². The maximum absolute atomic E-state index is 13.8. The Bertz CT molecular complexity index is 1820. The van der Waals surface area contributed by atoms with E-state index in [2.05, 4.69) is 0 Å². The average Bonchev–Trinajstić information content (AvgIpc) is 3.32. The van der Waals surface area contributed by atoms with Crippen LogP contribution in [0, 0.1) is 13.8 Å². The monoisotopic (exact) mass is 812 g/mol. The van der Waals surface area contributed by atoms with Crippen molar-refractivity contribution in [2.75, 3.05) is 26.2 Å². The fourth-order valence-corrected chi connectivity index (χ4v) is 7.00. The first-order chi connectivity index (χ1) is 24.3. The molecule has 1 aliphatic heterocycles. The molecule has 282 valence electrons. The van der Waals surface area contributed by atoms with E-state index in [1.54, 1.807) is 50.2 Å². The van der Waals surface area contributed by atoms with Gasteiger partial charge in [-0.15, -0.1) is 0 Å². The minimum absolute atomic E-state index is 0.